The van der Waals surface area contributed by atoms with Gasteiger partial charge in [0, 0.05) is 36.6 Å². The highest BCUT2D eigenvalue weighted by Gasteiger charge is 2.25. The Bertz CT molecular complexity index is 699. The van der Waals surface area contributed by atoms with Crippen LogP contribution in [0.3, 0.4) is 0 Å². The van der Waals surface area contributed by atoms with E-state index in [1.54, 1.807) is 6.20 Å². The van der Waals surface area contributed by atoms with Crippen LogP contribution in [0.1, 0.15) is 35.6 Å². The minimum absolute atomic E-state index is 0.0342. The Balaban J connectivity index is 1.42. The number of piperidine rings is 1. The van der Waals surface area contributed by atoms with Crippen LogP contribution in [0.4, 0.5) is 10.5 Å². The third-order valence-corrected chi connectivity index (χ3v) is 4.64. The highest BCUT2D eigenvalue weighted by Crippen LogP contribution is 2.27. The first kappa shape index (κ1) is 14.3. The number of aromatic amines is 1. The monoisotopic (exact) mass is 312 g/mol. The Morgan fingerprint density at radius 3 is 3.09 bits per heavy atom. The first-order valence-electron chi connectivity index (χ1n) is 8.04. The lowest BCUT2D eigenvalue weighted by molar-refractivity contribution is 0.134. The van der Waals surface area contributed by atoms with E-state index in [0.29, 0.717) is 19.1 Å². The number of likely N-dealkylation sites (tertiary alicyclic amines) is 1. The number of hydrogen-bond acceptors (Lipinski definition) is 3. The van der Waals surface area contributed by atoms with Gasteiger partial charge in [0.1, 0.15) is 0 Å². The average molecular weight is 312 g/mol. The lowest BCUT2D eigenvalue weighted by Gasteiger charge is -2.32. The summed E-state index contributed by atoms with van der Waals surface area (Å²) in [6.07, 6.45) is 3.86. The molecule has 1 saturated heterocycles. The third kappa shape index (κ3) is 2.94. The Morgan fingerprint density at radius 2 is 2.22 bits per heavy atom. The molecule has 120 valence electrons. The molecule has 2 N–H and O–H groups in total. The molecular weight excluding hydrogens is 292 g/mol. The molecule has 0 spiro atoms. The summed E-state index contributed by atoms with van der Waals surface area (Å²) in [5.74, 6) is 0.338. The topological polar surface area (TPSA) is 70.2 Å². The maximum atomic E-state index is 12.5. The second kappa shape index (κ2) is 6.04. The number of carbonyl (C=O) groups excluding carboxylic acids is 1. The molecule has 0 bridgehead atoms. The lowest BCUT2D eigenvalue weighted by Crippen LogP contribution is -2.41. The molecule has 4 rings (SSSR count). The van der Waals surface area contributed by atoms with E-state index in [1.165, 1.54) is 5.56 Å². The maximum absolute atomic E-state index is 12.5. The van der Waals surface area contributed by atoms with Crippen molar-refractivity contribution in [2.24, 2.45) is 0 Å². The van der Waals surface area contributed by atoms with E-state index in [1.807, 2.05) is 29.2 Å². The van der Waals surface area contributed by atoms with Crippen molar-refractivity contribution in [3.63, 3.8) is 0 Å². The first-order chi connectivity index (χ1) is 11.3. The molecular formula is C17H20N4O2. The SMILES string of the molecule is O=C(Nc1ccc2c(c1)COC2)N1CCC[C@@H](c2ccn[nH]2)C1. The van der Waals surface area contributed by atoms with Crippen LogP contribution in [0.5, 0.6) is 0 Å². The Morgan fingerprint density at radius 1 is 1.30 bits per heavy atom. The summed E-state index contributed by atoms with van der Waals surface area (Å²) in [6.45, 7) is 2.82. The summed E-state index contributed by atoms with van der Waals surface area (Å²) in [5, 5.41) is 10.0. The van der Waals surface area contributed by atoms with Crippen LogP contribution in [-0.2, 0) is 18.0 Å². The number of urea groups is 1. The second-order valence-electron chi connectivity index (χ2n) is 6.20. The number of fused-ring (bicyclic) bond motifs is 1. The maximum Gasteiger partial charge on any atom is 0.321 e. The molecule has 2 aliphatic rings. The van der Waals surface area contributed by atoms with Crippen molar-refractivity contribution in [3.8, 4) is 0 Å². The van der Waals surface area contributed by atoms with E-state index in [9.17, 15) is 4.79 Å². The van der Waals surface area contributed by atoms with Crippen LogP contribution >= 0.6 is 0 Å². The molecule has 3 heterocycles. The Kier molecular flexibility index (Phi) is 3.75. The van der Waals surface area contributed by atoms with Crippen LogP contribution in [0.2, 0.25) is 0 Å². The molecule has 1 fully saturated rings. The molecule has 6 heteroatoms. The zero-order valence-electron chi connectivity index (χ0n) is 12.9. The van der Waals surface area contributed by atoms with Crippen molar-refractivity contribution in [3.05, 3.63) is 47.3 Å². The van der Waals surface area contributed by atoms with E-state index in [-0.39, 0.29) is 6.03 Å². The van der Waals surface area contributed by atoms with E-state index < -0.39 is 0 Å². The number of anilines is 1. The van der Waals surface area contributed by atoms with Crippen LogP contribution in [0.25, 0.3) is 0 Å². The van der Waals surface area contributed by atoms with Crippen molar-refractivity contribution in [2.45, 2.75) is 32.0 Å². The van der Waals surface area contributed by atoms with E-state index >= 15 is 0 Å². The third-order valence-electron chi connectivity index (χ3n) is 4.64. The summed E-state index contributed by atoms with van der Waals surface area (Å²) in [6, 6.07) is 7.94. The molecule has 2 amide bonds. The largest absolute Gasteiger partial charge is 0.372 e. The standard InChI is InChI=1S/C17H20N4O2/c22-17(19-15-4-3-13-10-23-11-14(13)8-15)21-7-1-2-12(9-21)16-5-6-18-20-16/h3-6,8,12H,1-2,7,9-11H2,(H,18,20)(H,19,22)/t12-/m1/s1. The van der Waals surface area contributed by atoms with Gasteiger partial charge in [0.05, 0.1) is 13.2 Å². The molecule has 1 aromatic carbocycles. The number of ether oxygens (including phenoxy) is 1. The van der Waals surface area contributed by atoms with Crippen LogP contribution in [0, 0.1) is 0 Å². The van der Waals surface area contributed by atoms with Gasteiger partial charge in [0.15, 0.2) is 0 Å². The second-order valence-corrected chi connectivity index (χ2v) is 6.20. The first-order valence-corrected chi connectivity index (χ1v) is 8.04. The zero-order chi connectivity index (χ0) is 15.6. The number of aromatic nitrogens is 2. The molecule has 1 aromatic heterocycles. The van der Waals surface area contributed by atoms with Gasteiger partial charge in [-0.2, -0.15) is 5.10 Å². The van der Waals surface area contributed by atoms with Crippen molar-refractivity contribution in [2.75, 3.05) is 18.4 Å². The molecule has 2 aliphatic heterocycles. The van der Waals surface area contributed by atoms with Gasteiger partial charge in [-0.3, -0.25) is 5.10 Å². The Hall–Kier alpha value is -2.34. The molecule has 1 atom stereocenters. The fourth-order valence-corrected chi connectivity index (χ4v) is 3.36. The van der Waals surface area contributed by atoms with Gasteiger partial charge in [0.2, 0.25) is 0 Å². The van der Waals surface area contributed by atoms with Gasteiger partial charge in [0.25, 0.3) is 0 Å². The number of H-pyrrole nitrogens is 1. The van der Waals surface area contributed by atoms with Gasteiger partial charge >= 0.3 is 6.03 Å². The van der Waals surface area contributed by atoms with Gasteiger partial charge in [-0.05, 0) is 42.2 Å². The number of rotatable bonds is 2. The van der Waals surface area contributed by atoms with Crippen molar-refractivity contribution in [1.82, 2.24) is 15.1 Å². The van der Waals surface area contributed by atoms with E-state index in [2.05, 4.69) is 15.5 Å². The summed E-state index contributed by atoms with van der Waals surface area (Å²) in [5.41, 5.74) is 4.32. The molecule has 0 saturated carbocycles. The number of benzene rings is 1. The number of nitrogens with zero attached hydrogens (tertiary/aromatic N) is 2. The smallest absolute Gasteiger partial charge is 0.321 e. The quantitative estimate of drug-likeness (QED) is 0.896. The van der Waals surface area contributed by atoms with Crippen LogP contribution < -0.4 is 5.32 Å². The normalized spacial score (nSPS) is 20.3. The van der Waals surface area contributed by atoms with Crippen LogP contribution in [-0.4, -0.2) is 34.2 Å². The van der Waals surface area contributed by atoms with Gasteiger partial charge < -0.3 is 15.0 Å². The molecule has 0 aliphatic carbocycles. The van der Waals surface area contributed by atoms with Crippen molar-refractivity contribution in [1.29, 1.82) is 0 Å². The lowest BCUT2D eigenvalue weighted by atomic mass is 9.95. The fraction of sp³-hybridized carbons (Fsp3) is 0.412. The van der Waals surface area contributed by atoms with Gasteiger partial charge in [-0.25, -0.2) is 4.79 Å². The molecule has 23 heavy (non-hydrogen) atoms. The molecule has 2 aromatic rings. The van der Waals surface area contributed by atoms with E-state index in [0.717, 1.165) is 42.9 Å². The molecule has 6 nitrogen and oxygen atoms in total. The summed E-state index contributed by atoms with van der Waals surface area (Å²) in [4.78, 5) is 14.4. The van der Waals surface area contributed by atoms with Gasteiger partial charge in [-0.1, -0.05) is 6.07 Å². The highest BCUT2D eigenvalue weighted by atomic mass is 16.5. The highest BCUT2D eigenvalue weighted by molar-refractivity contribution is 5.89. The molecule has 0 radical (unpaired) electrons. The average Bonchev–Trinajstić information content (AvgIpc) is 3.26. The number of carbonyl (C=O) groups is 1. The van der Waals surface area contributed by atoms with Crippen LogP contribution in [0.15, 0.2) is 30.5 Å². The number of hydrogen-bond donors (Lipinski definition) is 2. The van der Waals surface area contributed by atoms with Crippen molar-refractivity contribution < 1.29 is 9.53 Å². The summed E-state index contributed by atoms with van der Waals surface area (Å²) < 4.78 is 5.41. The predicted octanol–water partition coefficient (Wildman–Crippen LogP) is 2.85. The number of amides is 2. The van der Waals surface area contributed by atoms with Gasteiger partial charge in [-0.15, -0.1) is 0 Å². The zero-order valence-corrected chi connectivity index (χ0v) is 12.9. The van der Waals surface area contributed by atoms with E-state index in [4.69, 9.17) is 4.74 Å². The summed E-state index contributed by atoms with van der Waals surface area (Å²) >= 11 is 0. The van der Waals surface area contributed by atoms with Crippen molar-refractivity contribution >= 4 is 11.7 Å². The fourth-order valence-electron chi connectivity index (χ4n) is 3.36. The summed E-state index contributed by atoms with van der Waals surface area (Å²) in [7, 11) is 0. The predicted molar refractivity (Wildman–Crippen MR) is 86.1 cm³/mol. The minimum atomic E-state index is -0.0342. The Labute approximate surface area is 134 Å². The number of nitrogens with one attached hydrogen (secondary N) is 2. The molecule has 0 unspecified atom stereocenters. The minimum Gasteiger partial charge on any atom is -0.372 e.